The molecule has 0 amide bonds. The van der Waals surface area contributed by atoms with Crippen LogP contribution >= 0.6 is 0 Å². The smallest absolute Gasteiger partial charge is 0.387 e. The van der Waals surface area contributed by atoms with Crippen LogP contribution in [0.1, 0.15) is 22.9 Å². The second-order valence-electron chi connectivity index (χ2n) is 5.75. The van der Waals surface area contributed by atoms with Crippen molar-refractivity contribution in [2.75, 3.05) is 19.6 Å². The molecule has 2 rings (SSSR count). The van der Waals surface area contributed by atoms with Crippen LogP contribution in [0, 0.1) is 0 Å². The molecule has 0 fully saturated rings. The molecule has 0 saturated heterocycles. The number of nitrogens with zero attached hydrogens (tertiary/aromatic N) is 1. The lowest BCUT2D eigenvalue weighted by molar-refractivity contribution is -0.141. The summed E-state index contributed by atoms with van der Waals surface area (Å²) in [6.07, 6.45) is -10.6. The molecule has 148 valence electrons. The number of halogens is 6. The maximum atomic E-state index is 13.1. The van der Waals surface area contributed by atoms with Gasteiger partial charge in [0.15, 0.2) is 0 Å². The van der Waals surface area contributed by atoms with Crippen LogP contribution < -0.4 is 11.1 Å². The Hall–Kier alpha value is -2.17. The van der Waals surface area contributed by atoms with Crippen molar-refractivity contribution in [2.45, 2.75) is 18.5 Å². The normalized spacial score (nSPS) is 13.6. The number of rotatable bonds is 6. The summed E-state index contributed by atoms with van der Waals surface area (Å²) in [5, 5.41) is 12.9. The van der Waals surface area contributed by atoms with E-state index < -0.39 is 29.7 Å². The molecule has 1 aromatic heterocycles. The van der Waals surface area contributed by atoms with E-state index in [-0.39, 0.29) is 29.9 Å². The number of hydrogen-bond donors (Lipinski definition) is 3. The maximum Gasteiger partial charge on any atom is 0.433 e. The van der Waals surface area contributed by atoms with Crippen molar-refractivity contribution in [1.82, 2.24) is 10.3 Å². The van der Waals surface area contributed by atoms with Crippen LogP contribution in [0.3, 0.4) is 0 Å². The van der Waals surface area contributed by atoms with Crippen molar-refractivity contribution in [1.29, 1.82) is 0 Å². The molecule has 4 nitrogen and oxygen atoms in total. The van der Waals surface area contributed by atoms with E-state index in [9.17, 15) is 31.4 Å². The Bertz CT molecular complexity index is 759. The molecule has 10 heteroatoms. The number of hydrogen-bond acceptors (Lipinski definition) is 4. The molecule has 0 aliphatic heterocycles. The molecule has 0 saturated carbocycles. The molecule has 0 aliphatic rings. The number of nitrogens with two attached hydrogens (primary N) is 1. The standard InChI is InChI=1S/C17H17F6N3O/c18-16(19,20)12-3-1-10(2-4-12)13-7-11(14(27)9-25-6-5-24)8-15(26-13)17(21,22)23/h1-4,7-8,14,25,27H,5-6,9,24H2/t14-/m0/s1. The number of aliphatic hydroxyl groups excluding tert-OH is 1. The monoisotopic (exact) mass is 393 g/mol. The van der Waals surface area contributed by atoms with Crippen LogP contribution in [0.15, 0.2) is 36.4 Å². The highest BCUT2D eigenvalue weighted by molar-refractivity contribution is 5.61. The summed E-state index contributed by atoms with van der Waals surface area (Å²) in [5.41, 5.74) is 2.95. The van der Waals surface area contributed by atoms with Crippen molar-refractivity contribution in [3.8, 4) is 11.3 Å². The van der Waals surface area contributed by atoms with E-state index in [0.29, 0.717) is 12.6 Å². The van der Waals surface area contributed by atoms with Gasteiger partial charge >= 0.3 is 12.4 Å². The van der Waals surface area contributed by atoms with Crippen LogP contribution in [-0.2, 0) is 12.4 Å². The van der Waals surface area contributed by atoms with Gasteiger partial charge in [-0.3, -0.25) is 0 Å². The van der Waals surface area contributed by atoms with Crippen LogP contribution in [0.25, 0.3) is 11.3 Å². The fourth-order valence-electron chi connectivity index (χ4n) is 2.33. The summed E-state index contributed by atoms with van der Waals surface area (Å²) in [6, 6.07) is 5.52. The van der Waals surface area contributed by atoms with Crippen molar-refractivity contribution in [3.05, 3.63) is 53.2 Å². The van der Waals surface area contributed by atoms with Crippen molar-refractivity contribution in [2.24, 2.45) is 5.73 Å². The topological polar surface area (TPSA) is 71.2 Å². The third kappa shape index (κ3) is 5.65. The minimum Gasteiger partial charge on any atom is -0.387 e. The van der Waals surface area contributed by atoms with E-state index in [0.717, 1.165) is 24.3 Å². The van der Waals surface area contributed by atoms with Crippen LogP contribution in [-0.4, -0.2) is 29.7 Å². The van der Waals surface area contributed by atoms with E-state index in [2.05, 4.69) is 10.3 Å². The predicted molar refractivity (Wildman–Crippen MR) is 86.6 cm³/mol. The number of pyridine rings is 1. The van der Waals surface area contributed by atoms with Gasteiger partial charge in [-0.25, -0.2) is 4.98 Å². The first-order chi connectivity index (χ1) is 12.5. The number of aromatic nitrogens is 1. The van der Waals surface area contributed by atoms with Gasteiger partial charge in [-0.05, 0) is 29.8 Å². The molecule has 1 atom stereocenters. The molecule has 0 unspecified atom stereocenters. The Morgan fingerprint density at radius 1 is 1.00 bits per heavy atom. The number of benzene rings is 1. The average molecular weight is 393 g/mol. The lowest BCUT2D eigenvalue weighted by atomic mass is 10.0. The lowest BCUT2D eigenvalue weighted by Gasteiger charge is -2.16. The largest absolute Gasteiger partial charge is 0.433 e. The first-order valence-electron chi connectivity index (χ1n) is 7.88. The second kappa shape index (κ2) is 8.24. The number of alkyl halides is 6. The van der Waals surface area contributed by atoms with Crippen molar-refractivity contribution in [3.63, 3.8) is 0 Å². The Balaban J connectivity index is 2.41. The predicted octanol–water partition coefficient (Wildman–Crippen LogP) is 3.37. The Labute approximate surface area is 151 Å². The second-order valence-corrected chi connectivity index (χ2v) is 5.75. The maximum absolute atomic E-state index is 13.1. The van der Waals surface area contributed by atoms with Gasteiger partial charge in [0.05, 0.1) is 17.4 Å². The molecular weight excluding hydrogens is 376 g/mol. The highest BCUT2D eigenvalue weighted by Gasteiger charge is 2.34. The minimum absolute atomic E-state index is 0.0367. The van der Waals surface area contributed by atoms with Crippen LogP contribution in [0.5, 0.6) is 0 Å². The molecule has 1 heterocycles. The van der Waals surface area contributed by atoms with E-state index in [1.807, 2.05) is 0 Å². The van der Waals surface area contributed by atoms with Gasteiger partial charge in [-0.2, -0.15) is 26.3 Å². The van der Waals surface area contributed by atoms with Gasteiger partial charge in [-0.1, -0.05) is 12.1 Å². The fraction of sp³-hybridized carbons (Fsp3) is 0.353. The highest BCUT2D eigenvalue weighted by atomic mass is 19.4. The van der Waals surface area contributed by atoms with Gasteiger partial charge in [0.2, 0.25) is 0 Å². The zero-order valence-corrected chi connectivity index (χ0v) is 13.9. The molecule has 0 aliphatic carbocycles. The van der Waals surface area contributed by atoms with Crippen LogP contribution in [0.2, 0.25) is 0 Å². The Morgan fingerprint density at radius 2 is 1.63 bits per heavy atom. The third-order valence-electron chi connectivity index (χ3n) is 3.69. The minimum atomic E-state index is -4.78. The SMILES string of the molecule is NCCNC[C@H](O)c1cc(-c2ccc(C(F)(F)F)cc2)nc(C(F)(F)F)c1. The summed E-state index contributed by atoms with van der Waals surface area (Å²) >= 11 is 0. The van der Waals surface area contributed by atoms with Gasteiger partial charge in [0.1, 0.15) is 5.69 Å². The summed E-state index contributed by atoms with van der Waals surface area (Å²) in [4.78, 5) is 3.49. The molecule has 27 heavy (non-hydrogen) atoms. The molecule has 0 radical (unpaired) electrons. The summed E-state index contributed by atoms with van der Waals surface area (Å²) in [5.74, 6) is 0. The first kappa shape index (κ1) is 21.1. The average Bonchev–Trinajstić information content (AvgIpc) is 2.60. The van der Waals surface area contributed by atoms with E-state index in [1.54, 1.807) is 0 Å². The summed E-state index contributed by atoms with van der Waals surface area (Å²) in [7, 11) is 0. The number of aliphatic hydroxyl groups is 1. The molecular formula is C17H17F6N3O. The van der Waals surface area contributed by atoms with E-state index >= 15 is 0 Å². The molecule has 4 N–H and O–H groups in total. The molecule has 0 spiro atoms. The Morgan fingerprint density at radius 3 is 2.15 bits per heavy atom. The van der Waals surface area contributed by atoms with E-state index in [1.165, 1.54) is 6.07 Å². The number of nitrogens with one attached hydrogen (secondary N) is 1. The molecule has 2 aromatic rings. The van der Waals surface area contributed by atoms with Gasteiger partial charge in [0, 0.05) is 25.2 Å². The van der Waals surface area contributed by atoms with Gasteiger partial charge < -0.3 is 16.2 Å². The van der Waals surface area contributed by atoms with Crippen molar-refractivity contribution < 1.29 is 31.4 Å². The zero-order valence-electron chi connectivity index (χ0n) is 13.9. The van der Waals surface area contributed by atoms with Gasteiger partial charge in [0.25, 0.3) is 0 Å². The van der Waals surface area contributed by atoms with E-state index in [4.69, 9.17) is 5.73 Å². The third-order valence-corrected chi connectivity index (χ3v) is 3.69. The Kier molecular flexibility index (Phi) is 6.45. The quantitative estimate of drug-likeness (QED) is 0.520. The van der Waals surface area contributed by atoms with Crippen LogP contribution in [0.4, 0.5) is 26.3 Å². The zero-order chi connectivity index (χ0) is 20.2. The lowest BCUT2D eigenvalue weighted by Crippen LogP contribution is -2.27. The fourth-order valence-corrected chi connectivity index (χ4v) is 2.33. The summed E-state index contributed by atoms with van der Waals surface area (Å²) < 4.78 is 77.3. The highest BCUT2D eigenvalue weighted by Crippen LogP contribution is 2.34. The molecule has 1 aromatic carbocycles. The summed E-state index contributed by atoms with van der Waals surface area (Å²) in [6.45, 7) is 0.610. The molecule has 0 bridgehead atoms. The van der Waals surface area contributed by atoms with Gasteiger partial charge in [-0.15, -0.1) is 0 Å². The first-order valence-corrected chi connectivity index (χ1v) is 7.88. The van der Waals surface area contributed by atoms with Crippen molar-refractivity contribution >= 4 is 0 Å².